The molecule has 116 valence electrons. The zero-order valence-electron chi connectivity index (χ0n) is 12.6. The van der Waals surface area contributed by atoms with Crippen LogP contribution < -0.4 is 0 Å². The smallest absolute Gasteiger partial charge is 0.237 e. The molecule has 6 heteroatoms. The first kappa shape index (κ1) is 14.6. The molecule has 0 aliphatic heterocycles. The van der Waals surface area contributed by atoms with E-state index >= 15 is 0 Å². The fourth-order valence-electron chi connectivity index (χ4n) is 2.77. The quantitative estimate of drug-likeness (QED) is 0.506. The van der Waals surface area contributed by atoms with Gasteiger partial charge in [-0.25, -0.2) is 0 Å². The number of benzene rings is 2. The summed E-state index contributed by atoms with van der Waals surface area (Å²) in [5.74, 6) is 1.73. The predicted octanol–water partition coefficient (Wildman–Crippen LogP) is 4.65. The van der Waals surface area contributed by atoms with Crippen molar-refractivity contribution in [3.63, 3.8) is 0 Å². The van der Waals surface area contributed by atoms with Gasteiger partial charge in [0.25, 0.3) is 0 Å². The average Bonchev–Trinajstić information content (AvgIpc) is 3.12. The minimum absolute atomic E-state index is 0.759. The number of fused-ring (bicyclic) bond motifs is 3. The summed E-state index contributed by atoms with van der Waals surface area (Å²) in [6.45, 7) is 3.00. The third kappa shape index (κ3) is 2.50. The van der Waals surface area contributed by atoms with Crippen LogP contribution in [0.4, 0.5) is 0 Å². The second-order valence-electron chi connectivity index (χ2n) is 5.27. The molecule has 23 heavy (non-hydrogen) atoms. The first-order valence-electron chi connectivity index (χ1n) is 7.47. The van der Waals surface area contributed by atoms with E-state index < -0.39 is 0 Å². The molecule has 2 aromatic heterocycles. The van der Waals surface area contributed by atoms with Gasteiger partial charge >= 0.3 is 0 Å². The lowest BCUT2D eigenvalue weighted by atomic mass is 10.2. The summed E-state index contributed by atoms with van der Waals surface area (Å²) in [4.78, 5) is 0. The predicted molar refractivity (Wildman–Crippen MR) is 95.2 cm³/mol. The molecule has 4 rings (SSSR count). The van der Waals surface area contributed by atoms with Crippen molar-refractivity contribution in [2.75, 3.05) is 0 Å². The SMILES string of the molecule is CCn1c2ccccc2n2c(SCc3ccc(Cl)cc3)nnc12. The fraction of sp³-hybridized carbons (Fsp3) is 0.176. The van der Waals surface area contributed by atoms with Gasteiger partial charge in [0.15, 0.2) is 5.16 Å². The molecule has 0 fully saturated rings. The van der Waals surface area contributed by atoms with E-state index in [1.807, 2.05) is 24.3 Å². The first-order valence-corrected chi connectivity index (χ1v) is 8.84. The van der Waals surface area contributed by atoms with Gasteiger partial charge in [0.05, 0.1) is 11.0 Å². The number of rotatable bonds is 4. The van der Waals surface area contributed by atoms with Crippen LogP contribution in [0.1, 0.15) is 12.5 Å². The number of aryl methyl sites for hydroxylation is 1. The van der Waals surface area contributed by atoms with Crippen LogP contribution in [0.25, 0.3) is 16.8 Å². The van der Waals surface area contributed by atoms with Crippen LogP contribution in [-0.2, 0) is 12.3 Å². The van der Waals surface area contributed by atoms with Crippen LogP contribution in [0.5, 0.6) is 0 Å². The third-order valence-electron chi connectivity index (χ3n) is 3.87. The average molecular weight is 343 g/mol. The molecule has 4 nitrogen and oxygen atoms in total. The standard InChI is InChI=1S/C17H15ClN4S/c1-2-21-14-5-3-4-6-15(14)22-16(21)19-20-17(22)23-11-12-7-9-13(18)10-8-12/h3-10H,2,11H2,1H3. The Balaban J connectivity index is 1.74. The second kappa shape index (κ2) is 5.91. The third-order valence-corrected chi connectivity index (χ3v) is 5.12. The summed E-state index contributed by atoms with van der Waals surface area (Å²) in [6, 6.07) is 16.3. The Labute approximate surface area is 143 Å². The van der Waals surface area contributed by atoms with Crippen LogP contribution in [0.3, 0.4) is 0 Å². The molecule has 0 aliphatic carbocycles. The Bertz CT molecular complexity index is 972. The Morgan fingerprint density at radius 1 is 1.00 bits per heavy atom. The molecule has 0 bridgehead atoms. The van der Waals surface area contributed by atoms with Crippen molar-refractivity contribution in [3.05, 3.63) is 59.1 Å². The number of aromatic nitrogens is 4. The highest BCUT2D eigenvalue weighted by atomic mass is 35.5. The molecular formula is C17H15ClN4S. The van der Waals surface area contributed by atoms with Crippen molar-refractivity contribution in [2.45, 2.75) is 24.4 Å². The van der Waals surface area contributed by atoms with Crippen molar-refractivity contribution in [1.82, 2.24) is 19.2 Å². The molecule has 2 aromatic carbocycles. The van der Waals surface area contributed by atoms with Gasteiger partial charge in [-0.05, 0) is 36.8 Å². The molecule has 0 N–H and O–H groups in total. The number of halogens is 1. The Kier molecular flexibility index (Phi) is 3.75. The van der Waals surface area contributed by atoms with E-state index in [-0.39, 0.29) is 0 Å². The van der Waals surface area contributed by atoms with Crippen molar-refractivity contribution < 1.29 is 0 Å². The van der Waals surface area contributed by atoms with E-state index in [0.29, 0.717) is 0 Å². The van der Waals surface area contributed by atoms with Crippen molar-refractivity contribution >= 4 is 40.2 Å². The minimum atomic E-state index is 0.759. The van der Waals surface area contributed by atoms with E-state index in [2.05, 4.69) is 50.4 Å². The maximum atomic E-state index is 5.94. The van der Waals surface area contributed by atoms with E-state index in [4.69, 9.17) is 11.6 Å². The molecule has 0 atom stereocenters. The van der Waals surface area contributed by atoms with Crippen molar-refractivity contribution in [3.8, 4) is 0 Å². The van der Waals surface area contributed by atoms with Crippen LogP contribution in [0.15, 0.2) is 53.7 Å². The van der Waals surface area contributed by atoms with E-state index in [0.717, 1.165) is 33.8 Å². The van der Waals surface area contributed by atoms with Crippen LogP contribution in [0, 0.1) is 0 Å². The first-order chi connectivity index (χ1) is 11.3. The van der Waals surface area contributed by atoms with E-state index in [1.165, 1.54) is 11.1 Å². The molecule has 2 heterocycles. The molecular weight excluding hydrogens is 328 g/mol. The lowest BCUT2D eigenvalue weighted by Gasteiger charge is -2.00. The topological polar surface area (TPSA) is 35.1 Å². The minimum Gasteiger partial charge on any atom is -0.309 e. The molecule has 4 aromatic rings. The summed E-state index contributed by atoms with van der Waals surface area (Å²) in [5, 5.41) is 10.4. The summed E-state index contributed by atoms with van der Waals surface area (Å²) in [7, 11) is 0. The highest BCUT2D eigenvalue weighted by Crippen LogP contribution is 2.27. The normalized spacial score (nSPS) is 11.6. The number of nitrogens with zero attached hydrogens (tertiary/aromatic N) is 4. The molecule has 0 amide bonds. The highest BCUT2D eigenvalue weighted by molar-refractivity contribution is 7.98. The maximum absolute atomic E-state index is 5.94. The number of hydrogen-bond donors (Lipinski definition) is 0. The van der Waals surface area contributed by atoms with Crippen molar-refractivity contribution in [2.24, 2.45) is 0 Å². The zero-order valence-corrected chi connectivity index (χ0v) is 14.2. The summed E-state index contributed by atoms with van der Waals surface area (Å²) < 4.78 is 4.33. The molecule has 0 saturated carbocycles. The van der Waals surface area contributed by atoms with E-state index in [9.17, 15) is 0 Å². The molecule has 0 saturated heterocycles. The Morgan fingerprint density at radius 3 is 2.48 bits per heavy atom. The Morgan fingerprint density at radius 2 is 1.74 bits per heavy atom. The van der Waals surface area contributed by atoms with Gasteiger partial charge in [-0.3, -0.25) is 4.40 Å². The van der Waals surface area contributed by atoms with Gasteiger partial charge in [-0.1, -0.05) is 47.6 Å². The number of thioether (sulfide) groups is 1. The summed E-state index contributed by atoms with van der Waals surface area (Å²) in [5.41, 5.74) is 3.55. The summed E-state index contributed by atoms with van der Waals surface area (Å²) in [6.07, 6.45) is 0. The maximum Gasteiger partial charge on any atom is 0.237 e. The lowest BCUT2D eigenvalue weighted by Crippen LogP contribution is -1.94. The fourth-order valence-corrected chi connectivity index (χ4v) is 3.79. The van der Waals surface area contributed by atoms with Gasteiger partial charge in [0, 0.05) is 17.3 Å². The molecule has 0 unspecified atom stereocenters. The number of para-hydroxylation sites is 2. The lowest BCUT2D eigenvalue weighted by molar-refractivity contribution is 0.802. The van der Waals surface area contributed by atoms with Gasteiger partial charge < -0.3 is 4.57 Å². The Hall–Kier alpha value is -1.98. The van der Waals surface area contributed by atoms with Gasteiger partial charge in [0.1, 0.15) is 0 Å². The van der Waals surface area contributed by atoms with E-state index in [1.54, 1.807) is 11.8 Å². The van der Waals surface area contributed by atoms with Gasteiger partial charge in [-0.2, -0.15) is 0 Å². The summed E-state index contributed by atoms with van der Waals surface area (Å²) >= 11 is 7.62. The molecule has 0 spiro atoms. The highest BCUT2D eigenvalue weighted by Gasteiger charge is 2.15. The van der Waals surface area contributed by atoms with Gasteiger partial charge in [-0.15, -0.1) is 10.2 Å². The van der Waals surface area contributed by atoms with Crippen molar-refractivity contribution in [1.29, 1.82) is 0 Å². The zero-order chi connectivity index (χ0) is 15.8. The molecule has 0 aliphatic rings. The monoisotopic (exact) mass is 342 g/mol. The number of imidazole rings is 1. The second-order valence-corrected chi connectivity index (χ2v) is 6.65. The molecule has 0 radical (unpaired) electrons. The largest absolute Gasteiger partial charge is 0.309 e. The number of hydrogen-bond acceptors (Lipinski definition) is 3. The van der Waals surface area contributed by atoms with Crippen LogP contribution in [0.2, 0.25) is 5.02 Å². The van der Waals surface area contributed by atoms with Gasteiger partial charge in [0.2, 0.25) is 5.78 Å². The van der Waals surface area contributed by atoms with Crippen LogP contribution in [-0.4, -0.2) is 19.2 Å². The van der Waals surface area contributed by atoms with Crippen LogP contribution >= 0.6 is 23.4 Å².